The average molecular weight is 327 g/mol. The van der Waals surface area contributed by atoms with Crippen LogP contribution in [0.5, 0.6) is 11.5 Å². The van der Waals surface area contributed by atoms with Crippen LogP contribution in [0.15, 0.2) is 47.4 Å². The molecule has 110 valence electrons. The van der Waals surface area contributed by atoms with Gasteiger partial charge in [0.15, 0.2) is 15.6 Å². The summed E-state index contributed by atoms with van der Waals surface area (Å²) in [6.45, 7) is 0. The van der Waals surface area contributed by atoms with E-state index in [0.717, 1.165) is 6.26 Å². The maximum atomic E-state index is 11.4. The van der Waals surface area contributed by atoms with E-state index >= 15 is 0 Å². The number of rotatable bonds is 4. The first-order chi connectivity index (χ1) is 9.79. The molecule has 0 fully saturated rings. The molecule has 0 radical (unpaired) electrons. The molecule has 2 aromatic rings. The molecule has 0 unspecified atom stereocenters. The van der Waals surface area contributed by atoms with E-state index in [0.29, 0.717) is 0 Å². The van der Waals surface area contributed by atoms with Crippen molar-refractivity contribution in [2.75, 3.05) is 6.26 Å². The van der Waals surface area contributed by atoms with Crippen molar-refractivity contribution in [3.05, 3.63) is 53.1 Å². The molecule has 0 saturated carbocycles. The van der Waals surface area contributed by atoms with E-state index < -0.39 is 15.8 Å². The van der Waals surface area contributed by atoms with Gasteiger partial charge in [0.05, 0.1) is 9.92 Å². The SMILES string of the molecule is CS(=O)(=O)c1ccc(Oc2c(Cl)cccc2C(=O)O)cc1. The summed E-state index contributed by atoms with van der Waals surface area (Å²) in [6.07, 6.45) is 1.10. The fourth-order valence-corrected chi connectivity index (χ4v) is 2.50. The number of hydrogen-bond acceptors (Lipinski definition) is 4. The molecule has 0 spiro atoms. The Labute approximate surface area is 126 Å². The van der Waals surface area contributed by atoms with E-state index in [9.17, 15) is 13.2 Å². The molecule has 21 heavy (non-hydrogen) atoms. The summed E-state index contributed by atoms with van der Waals surface area (Å²) >= 11 is 5.94. The smallest absolute Gasteiger partial charge is 0.339 e. The summed E-state index contributed by atoms with van der Waals surface area (Å²) in [7, 11) is -3.30. The standard InChI is InChI=1S/C14H11ClO5S/c1-21(18,19)10-7-5-9(6-8-10)20-13-11(14(16)17)3-2-4-12(13)15/h2-8H,1H3,(H,16,17). The molecule has 0 amide bonds. The first kappa shape index (κ1) is 15.3. The minimum atomic E-state index is -3.30. The lowest BCUT2D eigenvalue weighted by atomic mass is 10.2. The lowest BCUT2D eigenvalue weighted by Gasteiger charge is -2.10. The third-order valence-corrected chi connectivity index (χ3v) is 4.10. The van der Waals surface area contributed by atoms with Crippen LogP contribution in [-0.2, 0) is 9.84 Å². The minimum Gasteiger partial charge on any atom is -0.478 e. The van der Waals surface area contributed by atoms with Gasteiger partial charge in [-0.1, -0.05) is 17.7 Å². The maximum Gasteiger partial charge on any atom is 0.339 e. The Hall–Kier alpha value is -2.05. The summed E-state index contributed by atoms with van der Waals surface area (Å²) in [5, 5.41) is 9.26. The number of sulfone groups is 1. The van der Waals surface area contributed by atoms with Gasteiger partial charge < -0.3 is 9.84 Å². The molecule has 2 rings (SSSR count). The topological polar surface area (TPSA) is 80.7 Å². The quantitative estimate of drug-likeness (QED) is 0.932. The second kappa shape index (κ2) is 5.75. The lowest BCUT2D eigenvalue weighted by molar-refractivity contribution is 0.0694. The number of carboxylic acid groups (broad SMARTS) is 1. The van der Waals surface area contributed by atoms with Crippen LogP contribution < -0.4 is 4.74 Å². The van der Waals surface area contributed by atoms with Crippen LogP contribution in [0, 0.1) is 0 Å². The van der Waals surface area contributed by atoms with Crippen molar-refractivity contribution < 1.29 is 23.1 Å². The molecule has 5 nitrogen and oxygen atoms in total. The van der Waals surface area contributed by atoms with Crippen LogP contribution in [0.4, 0.5) is 0 Å². The van der Waals surface area contributed by atoms with Gasteiger partial charge in [-0.3, -0.25) is 0 Å². The fourth-order valence-electron chi connectivity index (χ4n) is 1.65. The van der Waals surface area contributed by atoms with E-state index in [2.05, 4.69) is 0 Å². The molecule has 0 bridgehead atoms. The van der Waals surface area contributed by atoms with Crippen LogP contribution in [0.3, 0.4) is 0 Å². The van der Waals surface area contributed by atoms with Gasteiger partial charge in [0.1, 0.15) is 11.3 Å². The summed E-state index contributed by atoms with van der Waals surface area (Å²) in [5.41, 5.74) is -0.0744. The van der Waals surface area contributed by atoms with Crippen molar-refractivity contribution in [1.29, 1.82) is 0 Å². The molecule has 0 aliphatic rings. The normalized spacial score (nSPS) is 11.1. The highest BCUT2D eigenvalue weighted by molar-refractivity contribution is 7.90. The molecule has 7 heteroatoms. The molecule has 0 atom stereocenters. The van der Waals surface area contributed by atoms with Crippen molar-refractivity contribution in [3.8, 4) is 11.5 Å². The molecule has 0 aliphatic heterocycles. The van der Waals surface area contributed by atoms with E-state index in [1.807, 2.05) is 0 Å². The third kappa shape index (κ3) is 3.53. The largest absolute Gasteiger partial charge is 0.478 e. The molecule has 2 aromatic carbocycles. The Morgan fingerprint density at radius 3 is 2.29 bits per heavy atom. The summed E-state index contributed by atoms with van der Waals surface area (Å²) in [4.78, 5) is 11.3. The van der Waals surface area contributed by atoms with Crippen LogP contribution in [0.25, 0.3) is 0 Å². The number of hydrogen-bond donors (Lipinski definition) is 1. The van der Waals surface area contributed by atoms with Crippen LogP contribution >= 0.6 is 11.6 Å². The summed E-state index contributed by atoms with van der Waals surface area (Å²) in [5.74, 6) is -0.864. The molecule has 1 N–H and O–H groups in total. The number of halogens is 1. The second-order valence-electron chi connectivity index (χ2n) is 4.27. The van der Waals surface area contributed by atoms with E-state index in [1.165, 1.54) is 42.5 Å². The minimum absolute atomic E-state index is 0.0128. The Kier molecular flexibility index (Phi) is 4.20. The van der Waals surface area contributed by atoms with Crippen LogP contribution in [0.1, 0.15) is 10.4 Å². The van der Waals surface area contributed by atoms with E-state index in [1.54, 1.807) is 0 Å². The van der Waals surface area contributed by atoms with Gasteiger partial charge in [-0.25, -0.2) is 13.2 Å². The number of aromatic carboxylic acids is 1. The zero-order valence-corrected chi connectivity index (χ0v) is 12.5. The zero-order valence-electron chi connectivity index (χ0n) is 10.9. The monoisotopic (exact) mass is 326 g/mol. The van der Waals surface area contributed by atoms with Crippen molar-refractivity contribution in [2.24, 2.45) is 0 Å². The molecule has 0 saturated heterocycles. The van der Waals surface area contributed by atoms with Crippen LogP contribution in [0.2, 0.25) is 5.02 Å². The third-order valence-electron chi connectivity index (χ3n) is 2.67. The van der Waals surface area contributed by atoms with Gasteiger partial charge in [0.2, 0.25) is 0 Å². The Morgan fingerprint density at radius 1 is 1.14 bits per heavy atom. The average Bonchev–Trinajstić information content (AvgIpc) is 2.40. The van der Waals surface area contributed by atoms with Crippen molar-refractivity contribution in [3.63, 3.8) is 0 Å². The maximum absolute atomic E-state index is 11.4. The highest BCUT2D eigenvalue weighted by Crippen LogP contribution is 2.33. The first-order valence-corrected chi connectivity index (χ1v) is 8.06. The van der Waals surface area contributed by atoms with E-state index in [4.69, 9.17) is 21.4 Å². The fraction of sp³-hybridized carbons (Fsp3) is 0.0714. The van der Waals surface area contributed by atoms with Crippen molar-refractivity contribution >= 4 is 27.4 Å². The number of carboxylic acids is 1. The van der Waals surface area contributed by atoms with E-state index in [-0.39, 0.29) is 27.0 Å². The van der Waals surface area contributed by atoms with Gasteiger partial charge in [-0.05, 0) is 36.4 Å². The second-order valence-corrected chi connectivity index (χ2v) is 6.69. The number of ether oxygens (including phenoxy) is 1. The van der Waals surface area contributed by atoms with Crippen LogP contribution in [-0.4, -0.2) is 25.7 Å². The highest BCUT2D eigenvalue weighted by Gasteiger charge is 2.15. The molecular weight excluding hydrogens is 316 g/mol. The van der Waals surface area contributed by atoms with Crippen molar-refractivity contribution in [1.82, 2.24) is 0 Å². The lowest BCUT2D eigenvalue weighted by Crippen LogP contribution is -2.01. The number of para-hydroxylation sites is 1. The highest BCUT2D eigenvalue weighted by atomic mass is 35.5. The summed E-state index contributed by atoms with van der Waals surface area (Å²) in [6, 6.07) is 10.0. The van der Waals surface area contributed by atoms with Gasteiger partial charge in [0.25, 0.3) is 0 Å². The predicted molar refractivity (Wildman–Crippen MR) is 78.0 cm³/mol. The Bertz CT molecular complexity index is 782. The van der Waals surface area contributed by atoms with Gasteiger partial charge in [-0.2, -0.15) is 0 Å². The molecule has 0 heterocycles. The Morgan fingerprint density at radius 2 is 1.76 bits per heavy atom. The molecule has 0 aromatic heterocycles. The number of carbonyl (C=O) groups is 1. The molecule has 0 aliphatic carbocycles. The zero-order chi connectivity index (χ0) is 15.6. The van der Waals surface area contributed by atoms with Crippen molar-refractivity contribution in [2.45, 2.75) is 4.90 Å². The predicted octanol–water partition coefficient (Wildman–Crippen LogP) is 3.23. The number of benzene rings is 2. The molecular formula is C14H11ClO5S. The first-order valence-electron chi connectivity index (χ1n) is 5.79. The van der Waals surface area contributed by atoms with Gasteiger partial charge in [-0.15, -0.1) is 0 Å². The van der Waals surface area contributed by atoms with Gasteiger partial charge >= 0.3 is 5.97 Å². The van der Waals surface area contributed by atoms with Gasteiger partial charge in [0, 0.05) is 6.26 Å². The summed E-state index contributed by atoms with van der Waals surface area (Å²) < 4.78 is 28.2. The Balaban J connectivity index is 2.37.